The first-order valence-electron chi connectivity index (χ1n) is 11.0. The minimum Gasteiger partial charge on any atom is -0.402 e. The summed E-state index contributed by atoms with van der Waals surface area (Å²) in [6, 6.07) is 6.05. The molecular weight excluding hydrogens is 406 g/mol. The van der Waals surface area contributed by atoms with E-state index in [-0.39, 0.29) is 5.69 Å². The van der Waals surface area contributed by atoms with Crippen molar-refractivity contribution >= 4 is 23.0 Å². The van der Waals surface area contributed by atoms with E-state index in [1.165, 1.54) is 24.1 Å². The number of carbonyl (C=O) groups excluding carboxylic acids is 1. The highest BCUT2D eigenvalue weighted by molar-refractivity contribution is 7.81. The smallest absolute Gasteiger partial charge is 0.267 e. The molecular formula is C24H27N5OS. The predicted molar refractivity (Wildman–Crippen MR) is 123 cm³/mol. The number of hydrogen-bond donors (Lipinski definition) is 2. The standard InChI is InChI=1S/C24H27N5OS/c25-19(15-1-2-15)11-23(31)18-10-21(24(26)30)28-22-13-29(8-6-17(18)22)12-14-5-7-27-20(9-14)16-3-4-16/h5,7,9-11,15-16H,1-4,6,8,12-13,25H2,(H2,26,30). The molecule has 0 atom stereocenters. The Hall–Kier alpha value is -2.64. The number of allylic oxidation sites excluding steroid dienone is 2. The van der Waals surface area contributed by atoms with Crippen molar-refractivity contribution in [1.29, 1.82) is 0 Å². The Bertz CT molecular complexity index is 1090. The summed E-state index contributed by atoms with van der Waals surface area (Å²) in [6.45, 7) is 2.40. The van der Waals surface area contributed by atoms with Crippen molar-refractivity contribution in [1.82, 2.24) is 14.9 Å². The summed E-state index contributed by atoms with van der Waals surface area (Å²) in [7, 11) is 0. The first-order valence-corrected chi connectivity index (χ1v) is 11.4. The number of fused-ring (bicyclic) bond motifs is 1. The second kappa shape index (κ2) is 8.13. The molecule has 0 spiro atoms. The monoisotopic (exact) mass is 433 g/mol. The molecule has 0 bridgehead atoms. The van der Waals surface area contributed by atoms with Crippen molar-refractivity contribution < 1.29 is 4.79 Å². The van der Waals surface area contributed by atoms with E-state index in [0.717, 1.165) is 54.9 Å². The maximum atomic E-state index is 11.9. The molecule has 3 heterocycles. The summed E-state index contributed by atoms with van der Waals surface area (Å²) in [6.07, 6.45) is 9.37. The van der Waals surface area contributed by atoms with Gasteiger partial charge >= 0.3 is 0 Å². The third kappa shape index (κ3) is 4.52. The topological polar surface area (TPSA) is 98.1 Å². The Morgan fingerprint density at radius 3 is 2.74 bits per heavy atom. The molecule has 2 aromatic rings. The van der Waals surface area contributed by atoms with Gasteiger partial charge in [-0.2, -0.15) is 0 Å². The lowest BCUT2D eigenvalue weighted by Crippen LogP contribution is -2.33. The van der Waals surface area contributed by atoms with E-state index in [0.29, 0.717) is 23.2 Å². The molecule has 6 nitrogen and oxygen atoms in total. The lowest BCUT2D eigenvalue weighted by atomic mass is 9.95. The molecule has 2 saturated carbocycles. The molecule has 4 N–H and O–H groups in total. The van der Waals surface area contributed by atoms with Crippen LogP contribution in [0.4, 0.5) is 0 Å². The van der Waals surface area contributed by atoms with Gasteiger partial charge in [-0.3, -0.25) is 14.7 Å². The number of nitrogens with two attached hydrogens (primary N) is 2. The van der Waals surface area contributed by atoms with Gasteiger partial charge in [-0.25, -0.2) is 4.98 Å². The fourth-order valence-electron chi connectivity index (χ4n) is 4.29. The molecule has 3 aliphatic rings. The van der Waals surface area contributed by atoms with Crippen molar-refractivity contribution in [3.63, 3.8) is 0 Å². The normalized spacial score (nSPS) is 19.2. The number of pyridine rings is 2. The van der Waals surface area contributed by atoms with E-state index in [9.17, 15) is 4.79 Å². The molecule has 1 amide bonds. The van der Waals surface area contributed by atoms with E-state index in [1.54, 1.807) is 6.07 Å². The van der Waals surface area contributed by atoms with E-state index in [2.05, 4.69) is 27.0 Å². The molecule has 31 heavy (non-hydrogen) atoms. The second-order valence-corrected chi connectivity index (χ2v) is 9.39. The zero-order valence-corrected chi connectivity index (χ0v) is 18.3. The Morgan fingerprint density at radius 2 is 2.03 bits per heavy atom. The molecule has 0 aromatic carbocycles. The van der Waals surface area contributed by atoms with E-state index >= 15 is 0 Å². The SMILES string of the molecule is NC(=O)c1cc(C(=S)C=C(N)C2CC2)c2c(n1)CN(Cc1ccnc(C3CC3)c1)CC2. The molecule has 2 fully saturated rings. The van der Waals surface area contributed by atoms with Gasteiger partial charge in [0.1, 0.15) is 5.69 Å². The number of nitrogens with zero attached hydrogens (tertiary/aromatic N) is 3. The minimum atomic E-state index is -0.536. The summed E-state index contributed by atoms with van der Waals surface area (Å²) in [5.74, 6) is 0.551. The molecule has 0 unspecified atom stereocenters. The number of rotatable bonds is 7. The third-order valence-corrected chi connectivity index (χ3v) is 6.71. The summed E-state index contributed by atoms with van der Waals surface area (Å²) in [5.41, 5.74) is 18.2. The van der Waals surface area contributed by atoms with Crippen LogP contribution in [0, 0.1) is 5.92 Å². The van der Waals surface area contributed by atoms with Crippen LogP contribution in [0.15, 0.2) is 36.2 Å². The molecule has 2 aromatic heterocycles. The first-order chi connectivity index (χ1) is 15.0. The van der Waals surface area contributed by atoms with E-state index in [1.807, 2.05) is 12.3 Å². The van der Waals surface area contributed by atoms with Crippen LogP contribution in [-0.2, 0) is 19.5 Å². The Labute approximate surface area is 187 Å². The lowest BCUT2D eigenvalue weighted by Gasteiger charge is -2.29. The van der Waals surface area contributed by atoms with Gasteiger partial charge in [-0.15, -0.1) is 0 Å². The maximum absolute atomic E-state index is 11.9. The van der Waals surface area contributed by atoms with Crippen LogP contribution in [0.5, 0.6) is 0 Å². The number of primary amides is 1. The average molecular weight is 434 g/mol. The highest BCUT2D eigenvalue weighted by Gasteiger charge is 2.27. The number of hydrogen-bond acceptors (Lipinski definition) is 6. The van der Waals surface area contributed by atoms with Crippen molar-refractivity contribution in [2.24, 2.45) is 17.4 Å². The molecule has 5 rings (SSSR count). The Kier molecular flexibility index (Phi) is 5.32. The Morgan fingerprint density at radius 1 is 1.23 bits per heavy atom. The second-order valence-electron chi connectivity index (χ2n) is 8.95. The molecule has 2 aliphatic carbocycles. The van der Waals surface area contributed by atoms with Crippen LogP contribution in [0.3, 0.4) is 0 Å². The van der Waals surface area contributed by atoms with Gasteiger partial charge in [0, 0.05) is 48.0 Å². The van der Waals surface area contributed by atoms with Crippen molar-refractivity contribution in [2.75, 3.05) is 6.54 Å². The fourth-order valence-corrected chi connectivity index (χ4v) is 4.61. The lowest BCUT2D eigenvalue weighted by molar-refractivity contribution is 0.0994. The molecule has 0 saturated heterocycles. The van der Waals surface area contributed by atoms with E-state index in [4.69, 9.17) is 23.7 Å². The Balaban J connectivity index is 1.40. The molecule has 160 valence electrons. The van der Waals surface area contributed by atoms with Crippen LogP contribution in [-0.4, -0.2) is 32.2 Å². The predicted octanol–water partition coefficient (Wildman–Crippen LogP) is 2.98. The van der Waals surface area contributed by atoms with Gasteiger partial charge in [0.25, 0.3) is 5.91 Å². The average Bonchev–Trinajstić information content (AvgIpc) is 3.64. The number of carbonyl (C=O) groups is 1. The van der Waals surface area contributed by atoms with Gasteiger partial charge in [0.15, 0.2) is 0 Å². The number of amides is 1. The van der Waals surface area contributed by atoms with Crippen molar-refractivity contribution in [3.05, 3.63) is 69.9 Å². The number of thiocarbonyl (C=S) groups is 1. The van der Waals surface area contributed by atoms with Gasteiger partial charge in [-0.1, -0.05) is 12.2 Å². The zero-order chi connectivity index (χ0) is 21.5. The third-order valence-electron chi connectivity index (χ3n) is 6.37. The highest BCUT2D eigenvalue weighted by Crippen LogP contribution is 2.39. The minimum absolute atomic E-state index is 0.260. The summed E-state index contributed by atoms with van der Waals surface area (Å²) < 4.78 is 0. The van der Waals surface area contributed by atoms with Gasteiger partial charge in [0.2, 0.25) is 0 Å². The summed E-state index contributed by atoms with van der Waals surface area (Å²) in [4.78, 5) is 24.1. The quantitative estimate of drug-likeness (QED) is 0.396. The van der Waals surface area contributed by atoms with Crippen LogP contribution >= 0.6 is 12.2 Å². The first kappa shape index (κ1) is 20.3. The van der Waals surface area contributed by atoms with Crippen LogP contribution < -0.4 is 11.5 Å². The highest BCUT2D eigenvalue weighted by atomic mass is 32.1. The van der Waals surface area contributed by atoms with Crippen molar-refractivity contribution in [3.8, 4) is 0 Å². The summed E-state index contributed by atoms with van der Waals surface area (Å²) in [5, 5.41) is 0. The maximum Gasteiger partial charge on any atom is 0.267 e. The van der Waals surface area contributed by atoms with Gasteiger partial charge in [-0.05, 0) is 79.0 Å². The molecule has 0 radical (unpaired) electrons. The van der Waals surface area contributed by atoms with Crippen LogP contribution in [0.25, 0.3) is 0 Å². The van der Waals surface area contributed by atoms with E-state index < -0.39 is 5.91 Å². The largest absolute Gasteiger partial charge is 0.402 e. The van der Waals surface area contributed by atoms with Crippen molar-refractivity contribution in [2.45, 2.75) is 51.1 Å². The molecule has 7 heteroatoms. The number of aromatic nitrogens is 2. The van der Waals surface area contributed by atoms with Gasteiger partial charge < -0.3 is 11.5 Å². The van der Waals surface area contributed by atoms with Crippen LogP contribution in [0.2, 0.25) is 0 Å². The molecule has 1 aliphatic heterocycles. The summed E-state index contributed by atoms with van der Waals surface area (Å²) >= 11 is 5.70. The van der Waals surface area contributed by atoms with Crippen LogP contribution in [0.1, 0.15) is 70.2 Å². The fraction of sp³-hybridized carbons (Fsp3) is 0.417. The zero-order valence-electron chi connectivity index (χ0n) is 17.5. The van der Waals surface area contributed by atoms with Gasteiger partial charge in [0.05, 0.1) is 5.69 Å².